The van der Waals surface area contributed by atoms with E-state index in [0.717, 1.165) is 50.9 Å². The SMILES string of the molecule is COc1ccc(O)c(CN(C(=O)N2CCNC(C)C2)C2CCCCC2)c1. The Balaban J connectivity index is 1.82. The van der Waals surface area contributed by atoms with Crippen molar-refractivity contribution < 1.29 is 14.6 Å². The van der Waals surface area contributed by atoms with E-state index in [-0.39, 0.29) is 17.8 Å². The van der Waals surface area contributed by atoms with Crippen molar-refractivity contribution in [1.82, 2.24) is 15.1 Å². The molecule has 26 heavy (non-hydrogen) atoms. The van der Waals surface area contributed by atoms with Gasteiger partial charge in [-0.15, -0.1) is 0 Å². The van der Waals surface area contributed by atoms with Gasteiger partial charge in [-0.1, -0.05) is 19.3 Å². The summed E-state index contributed by atoms with van der Waals surface area (Å²) in [7, 11) is 1.61. The zero-order valence-electron chi connectivity index (χ0n) is 15.9. The Morgan fingerprint density at radius 3 is 2.81 bits per heavy atom. The lowest BCUT2D eigenvalue weighted by atomic mass is 9.94. The van der Waals surface area contributed by atoms with Gasteiger partial charge in [-0.2, -0.15) is 0 Å². The molecule has 6 nitrogen and oxygen atoms in total. The van der Waals surface area contributed by atoms with Crippen molar-refractivity contribution in [3.05, 3.63) is 23.8 Å². The number of amides is 2. The van der Waals surface area contributed by atoms with Crippen LogP contribution in [0, 0.1) is 0 Å². The number of phenols is 1. The molecule has 0 spiro atoms. The molecule has 144 valence electrons. The number of methoxy groups -OCH3 is 1. The first-order valence-corrected chi connectivity index (χ1v) is 9.73. The van der Waals surface area contributed by atoms with Gasteiger partial charge in [-0.05, 0) is 38.0 Å². The van der Waals surface area contributed by atoms with E-state index in [0.29, 0.717) is 18.3 Å². The molecule has 1 saturated heterocycles. The second kappa shape index (κ2) is 8.62. The van der Waals surface area contributed by atoms with Gasteiger partial charge in [0.1, 0.15) is 11.5 Å². The molecular weight excluding hydrogens is 330 g/mol. The monoisotopic (exact) mass is 361 g/mol. The van der Waals surface area contributed by atoms with E-state index < -0.39 is 0 Å². The van der Waals surface area contributed by atoms with Crippen molar-refractivity contribution in [3.8, 4) is 11.5 Å². The maximum Gasteiger partial charge on any atom is 0.320 e. The smallest absolute Gasteiger partial charge is 0.320 e. The zero-order chi connectivity index (χ0) is 18.5. The highest BCUT2D eigenvalue weighted by Gasteiger charge is 2.31. The van der Waals surface area contributed by atoms with Crippen LogP contribution in [0.4, 0.5) is 4.79 Å². The van der Waals surface area contributed by atoms with Crippen LogP contribution in [0.15, 0.2) is 18.2 Å². The zero-order valence-corrected chi connectivity index (χ0v) is 15.9. The Hall–Kier alpha value is -1.95. The fourth-order valence-electron chi connectivity index (χ4n) is 4.03. The third kappa shape index (κ3) is 4.41. The fraction of sp³-hybridized carbons (Fsp3) is 0.650. The average Bonchev–Trinajstić information content (AvgIpc) is 2.67. The number of hydrogen-bond donors (Lipinski definition) is 2. The minimum Gasteiger partial charge on any atom is -0.508 e. The van der Waals surface area contributed by atoms with Gasteiger partial charge in [0.2, 0.25) is 0 Å². The van der Waals surface area contributed by atoms with E-state index in [2.05, 4.69) is 12.2 Å². The number of nitrogens with one attached hydrogen (secondary N) is 1. The van der Waals surface area contributed by atoms with E-state index >= 15 is 0 Å². The molecule has 0 radical (unpaired) electrons. The summed E-state index contributed by atoms with van der Waals surface area (Å²) in [6, 6.07) is 5.86. The molecule has 1 aromatic carbocycles. The minimum absolute atomic E-state index is 0.0902. The number of carbonyl (C=O) groups excluding carboxylic acids is 1. The first-order chi connectivity index (χ1) is 12.6. The minimum atomic E-state index is 0.0902. The van der Waals surface area contributed by atoms with Gasteiger partial charge in [-0.25, -0.2) is 4.79 Å². The van der Waals surface area contributed by atoms with Gasteiger partial charge in [0.25, 0.3) is 0 Å². The molecule has 1 aliphatic heterocycles. The van der Waals surface area contributed by atoms with Crippen molar-refractivity contribution in [2.75, 3.05) is 26.7 Å². The van der Waals surface area contributed by atoms with Gasteiger partial charge in [0.15, 0.2) is 0 Å². The lowest BCUT2D eigenvalue weighted by Gasteiger charge is -2.40. The fourth-order valence-corrected chi connectivity index (χ4v) is 4.03. The molecule has 2 fully saturated rings. The second-order valence-electron chi connectivity index (χ2n) is 7.50. The maximum atomic E-state index is 13.3. The molecule has 1 saturated carbocycles. The number of phenolic OH excluding ortho intramolecular Hbond substituents is 1. The van der Waals surface area contributed by atoms with Gasteiger partial charge in [0.05, 0.1) is 13.7 Å². The number of ether oxygens (including phenoxy) is 1. The average molecular weight is 361 g/mol. The standard InChI is InChI=1S/C20H31N3O3/c1-15-13-22(11-10-21-15)20(25)23(17-6-4-3-5-7-17)14-16-12-18(26-2)8-9-19(16)24/h8-9,12,15,17,21,24H,3-7,10-11,13-14H2,1-2H3. The molecule has 1 aromatic rings. The van der Waals surface area contributed by atoms with Crippen LogP contribution < -0.4 is 10.1 Å². The highest BCUT2D eigenvalue weighted by molar-refractivity contribution is 5.75. The Morgan fingerprint density at radius 1 is 1.35 bits per heavy atom. The van der Waals surface area contributed by atoms with Crippen LogP contribution in [-0.4, -0.2) is 59.8 Å². The molecule has 0 aromatic heterocycles. The molecule has 0 bridgehead atoms. The number of rotatable bonds is 4. The van der Waals surface area contributed by atoms with Crippen LogP contribution in [-0.2, 0) is 6.54 Å². The highest BCUT2D eigenvalue weighted by Crippen LogP contribution is 2.29. The normalized spacial score (nSPS) is 21.5. The van der Waals surface area contributed by atoms with Gasteiger partial charge in [0, 0.05) is 37.3 Å². The molecule has 2 aliphatic rings. The summed E-state index contributed by atoms with van der Waals surface area (Å²) in [5, 5.41) is 13.7. The largest absolute Gasteiger partial charge is 0.508 e. The van der Waals surface area contributed by atoms with Gasteiger partial charge < -0.3 is 25.0 Å². The first kappa shape index (κ1) is 18.8. The summed E-state index contributed by atoms with van der Waals surface area (Å²) < 4.78 is 5.29. The van der Waals surface area contributed by atoms with Crippen LogP contribution in [0.25, 0.3) is 0 Å². The highest BCUT2D eigenvalue weighted by atomic mass is 16.5. The van der Waals surface area contributed by atoms with Crippen LogP contribution in [0.5, 0.6) is 11.5 Å². The summed E-state index contributed by atoms with van der Waals surface area (Å²) in [5.41, 5.74) is 0.742. The molecule has 1 aliphatic carbocycles. The van der Waals surface area contributed by atoms with Gasteiger partial charge in [-0.3, -0.25) is 0 Å². The van der Waals surface area contributed by atoms with Crippen molar-refractivity contribution in [1.29, 1.82) is 0 Å². The lowest BCUT2D eigenvalue weighted by molar-refractivity contribution is 0.105. The predicted octanol–water partition coefficient (Wildman–Crippen LogP) is 2.95. The quantitative estimate of drug-likeness (QED) is 0.865. The van der Waals surface area contributed by atoms with E-state index in [1.54, 1.807) is 19.2 Å². The van der Waals surface area contributed by atoms with Crippen molar-refractivity contribution >= 4 is 6.03 Å². The van der Waals surface area contributed by atoms with E-state index in [9.17, 15) is 9.90 Å². The molecule has 1 atom stereocenters. The summed E-state index contributed by atoms with van der Waals surface area (Å²) in [4.78, 5) is 17.3. The lowest BCUT2D eigenvalue weighted by Crippen LogP contribution is -2.56. The summed E-state index contributed by atoms with van der Waals surface area (Å²) in [5.74, 6) is 0.915. The van der Waals surface area contributed by atoms with Crippen LogP contribution in [0.1, 0.15) is 44.6 Å². The maximum absolute atomic E-state index is 13.3. The Kier molecular flexibility index (Phi) is 6.25. The van der Waals surface area contributed by atoms with E-state index in [1.807, 2.05) is 15.9 Å². The third-order valence-electron chi connectivity index (χ3n) is 5.53. The van der Waals surface area contributed by atoms with Crippen molar-refractivity contribution in [3.63, 3.8) is 0 Å². The number of piperazine rings is 1. The first-order valence-electron chi connectivity index (χ1n) is 9.73. The molecule has 3 rings (SSSR count). The summed E-state index contributed by atoms with van der Waals surface area (Å²) in [6.07, 6.45) is 5.65. The number of aromatic hydroxyl groups is 1. The molecule has 6 heteroatoms. The molecular formula is C20H31N3O3. The topological polar surface area (TPSA) is 65.0 Å². The number of carbonyl (C=O) groups is 1. The number of nitrogens with zero attached hydrogens (tertiary/aromatic N) is 2. The molecule has 2 N–H and O–H groups in total. The Morgan fingerprint density at radius 2 is 2.12 bits per heavy atom. The van der Waals surface area contributed by atoms with Gasteiger partial charge >= 0.3 is 6.03 Å². The second-order valence-corrected chi connectivity index (χ2v) is 7.50. The third-order valence-corrected chi connectivity index (χ3v) is 5.53. The number of urea groups is 1. The predicted molar refractivity (Wildman–Crippen MR) is 102 cm³/mol. The molecule has 1 unspecified atom stereocenters. The van der Waals surface area contributed by atoms with Crippen LogP contribution >= 0.6 is 0 Å². The molecule has 2 amide bonds. The number of benzene rings is 1. The van der Waals surface area contributed by atoms with Crippen molar-refractivity contribution in [2.45, 2.75) is 57.7 Å². The Bertz CT molecular complexity index is 616. The molecule has 1 heterocycles. The summed E-state index contributed by atoms with van der Waals surface area (Å²) >= 11 is 0. The van der Waals surface area contributed by atoms with Crippen LogP contribution in [0.2, 0.25) is 0 Å². The van der Waals surface area contributed by atoms with Crippen LogP contribution in [0.3, 0.4) is 0 Å². The van der Waals surface area contributed by atoms with Crippen molar-refractivity contribution in [2.24, 2.45) is 0 Å². The summed E-state index contributed by atoms with van der Waals surface area (Å²) in [6.45, 7) is 4.82. The number of hydrogen-bond acceptors (Lipinski definition) is 4. The Labute approximate surface area is 156 Å². The van der Waals surface area contributed by atoms with E-state index in [4.69, 9.17) is 4.74 Å². The van der Waals surface area contributed by atoms with E-state index in [1.165, 1.54) is 6.42 Å².